The van der Waals surface area contributed by atoms with Gasteiger partial charge in [-0.3, -0.25) is 0 Å². The molecule has 0 fully saturated rings. The zero-order chi connectivity index (χ0) is 14.3. The molecule has 0 aromatic rings. The van der Waals surface area contributed by atoms with Gasteiger partial charge in [-0.15, -0.1) is 12.3 Å². The monoisotopic (exact) mass is 249 g/mol. The van der Waals surface area contributed by atoms with Crippen molar-refractivity contribution in [2.45, 2.75) is 54.4 Å². The van der Waals surface area contributed by atoms with Gasteiger partial charge >= 0.3 is 0 Å². The van der Waals surface area contributed by atoms with Gasteiger partial charge in [0.25, 0.3) is 0 Å². The summed E-state index contributed by atoms with van der Waals surface area (Å²) in [5.41, 5.74) is 7.56. The van der Waals surface area contributed by atoms with E-state index in [4.69, 9.17) is 12.2 Å². The lowest BCUT2D eigenvalue weighted by molar-refractivity contribution is 0.264. The Bertz CT molecular complexity index is 299. The molecule has 1 heteroatoms. The zero-order valence-corrected chi connectivity index (χ0v) is 13.1. The number of terminal acetylenes is 1. The van der Waals surface area contributed by atoms with Crippen LogP contribution in [0.25, 0.3) is 0 Å². The summed E-state index contributed by atoms with van der Waals surface area (Å²) in [4.78, 5) is 0. The second-order valence-corrected chi connectivity index (χ2v) is 6.72. The number of hydrogen-bond acceptors (Lipinski definition) is 1. The van der Waals surface area contributed by atoms with Crippen LogP contribution in [0.5, 0.6) is 0 Å². The van der Waals surface area contributed by atoms with Crippen molar-refractivity contribution >= 4 is 0 Å². The van der Waals surface area contributed by atoms with Crippen LogP contribution in [0.1, 0.15) is 54.4 Å². The first-order valence-corrected chi connectivity index (χ1v) is 7.05. The molecule has 18 heavy (non-hydrogen) atoms. The topological polar surface area (TPSA) is 26.0 Å². The molecule has 2 unspecified atom stereocenters. The third kappa shape index (κ3) is 5.74. The lowest BCUT2D eigenvalue weighted by atomic mass is 9.73. The summed E-state index contributed by atoms with van der Waals surface area (Å²) in [6.45, 7) is 14.3. The fourth-order valence-electron chi connectivity index (χ4n) is 2.56. The van der Waals surface area contributed by atoms with Crippen molar-refractivity contribution in [3.63, 3.8) is 0 Å². The average Bonchev–Trinajstić information content (AvgIpc) is 2.24. The van der Waals surface area contributed by atoms with Gasteiger partial charge in [0.1, 0.15) is 0 Å². The molecule has 0 aromatic heterocycles. The maximum absolute atomic E-state index is 5.85. The van der Waals surface area contributed by atoms with Crippen LogP contribution in [0.2, 0.25) is 0 Å². The molecule has 0 rings (SSSR count). The Morgan fingerprint density at radius 1 is 1.33 bits per heavy atom. The third-order valence-corrected chi connectivity index (χ3v) is 3.78. The van der Waals surface area contributed by atoms with E-state index in [-0.39, 0.29) is 5.41 Å². The summed E-state index contributed by atoms with van der Waals surface area (Å²) < 4.78 is 0. The Morgan fingerprint density at radius 3 is 2.22 bits per heavy atom. The van der Waals surface area contributed by atoms with E-state index in [9.17, 15) is 0 Å². The molecule has 2 N–H and O–H groups in total. The highest BCUT2D eigenvalue weighted by Crippen LogP contribution is 2.36. The van der Waals surface area contributed by atoms with Crippen LogP contribution < -0.4 is 5.73 Å². The van der Waals surface area contributed by atoms with Crippen LogP contribution in [-0.4, -0.2) is 6.54 Å². The highest BCUT2D eigenvalue weighted by atomic mass is 14.5. The van der Waals surface area contributed by atoms with Crippen LogP contribution in [0.3, 0.4) is 0 Å². The first-order valence-electron chi connectivity index (χ1n) is 7.05. The molecule has 0 aliphatic heterocycles. The quantitative estimate of drug-likeness (QED) is 0.553. The van der Waals surface area contributed by atoms with Crippen LogP contribution in [0, 0.1) is 35.5 Å². The molecule has 0 spiro atoms. The molecule has 0 saturated carbocycles. The molecule has 104 valence electrons. The summed E-state index contributed by atoms with van der Waals surface area (Å²) in [6, 6.07) is 0. The van der Waals surface area contributed by atoms with Crippen LogP contribution in [0.15, 0.2) is 11.6 Å². The second kappa shape index (κ2) is 7.64. The minimum absolute atomic E-state index is 0.258. The second-order valence-electron chi connectivity index (χ2n) is 6.72. The molecule has 1 nitrogen and oxygen atoms in total. The highest BCUT2D eigenvalue weighted by molar-refractivity contribution is 5.10. The summed E-state index contributed by atoms with van der Waals surface area (Å²) in [5, 5.41) is 0. The van der Waals surface area contributed by atoms with Gasteiger partial charge < -0.3 is 5.73 Å². The lowest BCUT2D eigenvalue weighted by Gasteiger charge is -2.32. The van der Waals surface area contributed by atoms with Crippen molar-refractivity contribution in [3.05, 3.63) is 11.6 Å². The van der Waals surface area contributed by atoms with Gasteiger partial charge in [0.15, 0.2) is 0 Å². The van der Waals surface area contributed by atoms with Gasteiger partial charge in [-0.1, -0.05) is 46.3 Å². The van der Waals surface area contributed by atoms with E-state index in [1.54, 1.807) is 0 Å². The van der Waals surface area contributed by atoms with E-state index in [0.717, 1.165) is 19.4 Å². The van der Waals surface area contributed by atoms with Crippen molar-refractivity contribution in [2.75, 3.05) is 6.54 Å². The first kappa shape index (κ1) is 17.3. The third-order valence-electron chi connectivity index (χ3n) is 3.78. The Labute approximate surface area is 114 Å². The summed E-state index contributed by atoms with van der Waals surface area (Å²) in [7, 11) is 0. The van der Waals surface area contributed by atoms with E-state index in [0.29, 0.717) is 17.8 Å². The SMILES string of the molecule is C#CCCC(/C(C)=C/C(CN)C(C)C)C(C)(C)C. The van der Waals surface area contributed by atoms with Crippen molar-refractivity contribution < 1.29 is 0 Å². The van der Waals surface area contributed by atoms with Crippen LogP contribution in [0.4, 0.5) is 0 Å². The zero-order valence-electron chi connectivity index (χ0n) is 13.1. The van der Waals surface area contributed by atoms with E-state index in [2.05, 4.69) is 53.5 Å². The fourth-order valence-corrected chi connectivity index (χ4v) is 2.56. The Morgan fingerprint density at radius 2 is 1.89 bits per heavy atom. The highest BCUT2D eigenvalue weighted by Gasteiger charge is 2.26. The van der Waals surface area contributed by atoms with Gasteiger partial charge in [0.05, 0.1) is 0 Å². The van der Waals surface area contributed by atoms with Gasteiger partial charge in [0, 0.05) is 6.42 Å². The molecule has 2 atom stereocenters. The van der Waals surface area contributed by atoms with Crippen LogP contribution >= 0.6 is 0 Å². The van der Waals surface area contributed by atoms with Gasteiger partial charge in [-0.05, 0) is 43.1 Å². The minimum atomic E-state index is 0.258. The number of allylic oxidation sites excluding steroid dienone is 1. The number of rotatable bonds is 6. The van der Waals surface area contributed by atoms with Crippen LogP contribution in [-0.2, 0) is 0 Å². The molecule has 0 radical (unpaired) electrons. The van der Waals surface area contributed by atoms with E-state index in [1.807, 2.05) is 0 Å². The van der Waals surface area contributed by atoms with Crippen molar-refractivity contribution in [1.29, 1.82) is 0 Å². The molecular formula is C17H31N. The average molecular weight is 249 g/mol. The van der Waals surface area contributed by atoms with Gasteiger partial charge in [-0.2, -0.15) is 0 Å². The Kier molecular flexibility index (Phi) is 7.33. The summed E-state index contributed by atoms with van der Waals surface area (Å²) in [5.74, 6) is 4.37. The molecule has 0 saturated heterocycles. The Balaban J connectivity index is 5.00. The predicted molar refractivity (Wildman–Crippen MR) is 82.2 cm³/mol. The molecule has 0 aliphatic rings. The molecular weight excluding hydrogens is 218 g/mol. The van der Waals surface area contributed by atoms with E-state index >= 15 is 0 Å². The Hall–Kier alpha value is -0.740. The largest absolute Gasteiger partial charge is 0.330 e. The molecule has 0 bridgehead atoms. The van der Waals surface area contributed by atoms with Crippen molar-refractivity contribution in [3.8, 4) is 12.3 Å². The van der Waals surface area contributed by atoms with Crippen molar-refractivity contribution in [1.82, 2.24) is 0 Å². The smallest absolute Gasteiger partial charge is 0.00919 e. The number of nitrogens with two attached hydrogens (primary N) is 1. The first-order chi connectivity index (χ1) is 8.23. The standard InChI is InChI=1S/C17H31N/c1-8-9-10-16(17(5,6)7)14(4)11-15(12-18)13(2)3/h1,11,13,15-16H,9-10,12,18H2,2-7H3/b14-11+. The van der Waals surface area contributed by atoms with E-state index < -0.39 is 0 Å². The molecule has 0 aliphatic carbocycles. The maximum atomic E-state index is 5.85. The summed E-state index contributed by atoms with van der Waals surface area (Å²) in [6.07, 6.45) is 9.70. The summed E-state index contributed by atoms with van der Waals surface area (Å²) >= 11 is 0. The molecule has 0 heterocycles. The minimum Gasteiger partial charge on any atom is -0.330 e. The predicted octanol–water partition coefficient (Wildman–Crippen LogP) is 4.24. The molecule has 0 amide bonds. The molecule has 0 aromatic carbocycles. The lowest BCUT2D eigenvalue weighted by Crippen LogP contribution is -2.24. The fraction of sp³-hybridized carbons (Fsp3) is 0.765. The van der Waals surface area contributed by atoms with E-state index in [1.165, 1.54) is 5.57 Å². The van der Waals surface area contributed by atoms with Gasteiger partial charge in [0.2, 0.25) is 0 Å². The van der Waals surface area contributed by atoms with Crippen molar-refractivity contribution in [2.24, 2.45) is 28.9 Å². The maximum Gasteiger partial charge on any atom is 0.00919 e. The normalized spacial score (nSPS) is 16.5. The van der Waals surface area contributed by atoms with Gasteiger partial charge in [-0.25, -0.2) is 0 Å². The number of hydrogen-bond donors (Lipinski definition) is 1.